The molecule has 3 aromatic carbocycles. The fourth-order valence-corrected chi connectivity index (χ4v) is 5.87. The van der Waals surface area contributed by atoms with E-state index < -0.39 is 27.9 Å². The molecular formula is C28H30F3N3O4S. The number of carbonyl (C=O) groups excluding carboxylic acids is 1. The van der Waals surface area contributed by atoms with Crippen LogP contribution < -0.4 is 5.32 Å². The second-order valence-electron chi connectivity index (χ2n) is 9.24. The highest BCUT2D eigenvalue weighted by atomic mass is 32.2. The van der Waals surface area contributed by atoms with Gasteiger partial charge in [0.2, 0.25) is 15.9 Å². The predicted octanol–water partition coefficient (Wildman–Crippen LogP) is 4.78. The molecule has 7 nitrogen and oxygen atoms in total. The first-order valence-electron chi connectivity index (χ1n) is 12.5. The molecule has 0 aromatic heterocycles. The number of hydrogen-bond donors (Lipinski definition) is 1. The van der Waals surface area contributed by atoms with E-state index in [4.69, 9.17) is 4.74 Å². The molecule has 0 saturated carbocycles. The lowest BCUT2D eigenvalue weighted by molar-refractivity contribution is -0.137. The number of benzene rings is 3. The van der Waals surface area contributed by atoms with E-state index >= 15 is 0 Å². The van der Waals surface area contributed by atoms with E-state index in [1.54, 1.807) is 18.2 Å². The maximum Gasteiger partial charge on any atom is 0.416 e. The molecule has 0 bridgehead atoms. The van der Waals surface area contributed by atoms with Crippen LogP contribution in [-0.4, -0.2) is 62.9 Å². The highest BCUT2D eigenvalue weighted by Crippen LogP contribution is 2.33. The highest BCUT2D eigenvalue weighted by molar-refractivity contribution is 7.89. The van der Waals surface area contributed by atoms with Gasteiger partial charge in [0.25, 0.3) is 0 Å². The van der Waals surface area contributed by atoms with Crippen LogP contribution in [0.4, 0.5) is 18.9 Å². The molecule has 1 unspecified atom stereocenters. The van der Waals surface area contributed by atoms with Gasteiger partial charge in [-0.2, -0.15) is 17.5 Å². The Kier molecular flexibility index (Phi) is 9.06. The number of ether oxygens (including phenoxy) is 1. The minimum Gasteiger partial charge on any atom is -0.367 e. The van der Waals surface area contributed by atoms with E-state index in [-0.39, 0.29) is 17.4 Å². The summed E-state index contributed by atoms with van der Waals surface area (Å²) in [6.45, 7) is 3.71. The molecule has 11 heteroatoms. The third kappa shape index (κ3) is 7.45. The van der Waals surface area contributed by atoms with E-state index in [0.717, 1.165) is 17.7 Å². The SMILES string of the molecule is CC(=O)Nc1ccc(S(=O)(=O)N2CCN(CCOC(c3ccccc3)c3cccc(C(F)(F)F)c3)CC2)cc1. The standard InChI is InChI=1S/C28H30F3N3O4S/c1-21(35)32-25-10-12-26(13-11-25)39(36,37)34-16-14-33(15-17-34)18-19-38-27(22-6-3-2-4-7-22)23-8-5-9-24(20-23)28(29,30)31/h2-13,20,27H,14-19H2,1H3,(H,32,35). The molecule has 0 spiro atoms. The van der Waals surface area contributed by atoms with Crippen molar-refractivity contribution in [3.63, 3.8) is 0 Å². The van der Waals surface area contributed by atoms with Gasteiger partial charge in [-0.25, -0.2) is 8.42 Å². The van der Waals surface area contributed by atoms with Crippen molar-refractivity contribution in [2.45, 2.75) is 24.1 Å². The number of nitrogens with zero attached hydrogens (tertiary/aromatic N) is 2. The number of carbonyl (C=O) groups is 1. The molecule has 39 heavy (non-hydrogen) atoms. The summed E-state index contributed by atoms with van der Waals surface area (Å²) in [4.78, 5) is 13.4. The number of alkyl halides is 3. The van der Waals surface area contributed by atoms with Crippen molar-refractivity contribution in [2.75, 3.05) is 44.6 Å². The van der Waals surface area contributed by atoms with Crippen LogP contribution in [0.3, 0.4) is 0 Å². The molecule has 1 aliphatic heterocycles. The average molecular weight is 562 g/mol. The van der Waals surface area contributed by atoms with Crippen molar-refractivity contribution in [1.29, 1.82) is 0 Å². The second kappa shape index (κ2) is 12.3. The van der Waals surface area contributed by atoms with Gasteiger partial charge in [-0.05, 0) is 47.5 Å². The van der Waals surface area contributed by atoms with Gasteiger partial charge in [-0.3, -0.25) is 9.69 Å². The molecule has 1 saturated heterocycles. The molecule has 1 N–H and O–H groups in total. The van der Waals surface area contributed by atoms with Crippen LogP contribution in [0.1, 0.15) is 29.7 Å². The van der Waals surface area contributed by atoms with Crippen LogP contribution in [0.5, 0.6) is 0 Å². The summed E-state index contributed by atoms with van der Waals surface area (Å²) in [6.07, 6.45) is -5.12. The first kappa shape index (κ1) is 28.8. The van der Waals surface area contributed by atoms with E-state index in [9.17, 15) is 26.4 Å². The van der Waals surface area contributed by atoms with E-state index in [1.165, 1.54) is 29.4 Å². The normalized spacial score (nSPS) is 16.1. The molecule has 3 aromatic rings. The Bertz CT molecular complexity index is 1360. The predicted molar refractivity (Wildman–Crippen MR) is 142 cm³/mol. The maximum atomic E-state index is 13.3. The molecule has 1 fully saturated rings. The van der Waals surface area contributed by atoms with Crippen LogP contribution in [0.15, 0.2) is 83.8 Å². The van der Waals surface area contributed by atoms with Crippen molar-refractivity contribution in [1.82, 2.24) is 9.21 Å². The van der Waals surface area contributed by atoms with Gasteiger partial charge in [0.1, 0.15) is 6.10 Å². The summed E-state index contributed by atoms with van der Waals surface area (Å²) in [5.41, 5.74) is 0.950. The van der Waals surface area contributed by atoms with E-state index in [1.807, 2.05) is 30.3 Å². The Morgan fingerprint density at radius 2 is 1.56 bits per heavy atom. The summed E-state index contributed by atoms with van der Waals surface area (Å²) in [5, 5.41) is 2.61. The topological polar surface area (TPSA) is 79.0 Å². The first-order chi connectivity index (χ1) is 18.5. The van der Waals surface area contributed by atoms with Crippen LogP contribution in [0.25, 0.3) is 0 Å². The lowest BCUT2D eigenvalue weighted by Crippen LogP contribution is -2.49. The lowest BCUT2D eigenvalue weighted by Gasteiger charge is -2.34. The number of nitrogens with one attached hydrogen (secondary N) is 1. The molecule has 208 valence electrons. The first-order valence-corrected chi connectivity index (χ1v) is 13.9. The Hall–Kier alpha value is -3.25. The lowest BCUT2D eigenvalue weighted by atomic mass is 9.99. The summed E-state index contributed by atoms with van der Waals surface area (Å²) < 4.78 is 73.6. The second-order valence-corrected chi connectivity index (χ2v) is 11.2. The number of amides is 1. The molecule has 1 aliphatic rings. The molecule has 1 heterocycles. The maximum absolute atomic E-state index is 13.3. The number of rotatable bonds is 9. The third-order valence-electron chi connectivity index (χ3n) is 6.45. The average Bonchev–Trinajstić information content (AvgIpc) is 2.91. The van der Waals surface area contributed by atoms with Crippen LogP contribution in [0, 0.1) is 0 Å². The largest absolute Gasteiger partial charge is 0.416 e. The van der Waals surface area contributed by atoms with E-state index in [0.29, 0.717) is 44.0 Å². The van der Waals surface area contributed by atoms with Crippen LogP contribution in [-0.2, 0) is 25.7 Å². The Morgan fingerprint density at radius 1 is 0.923 bits per heavy atom. The quantitative estimate of drug-likeness (QED) is 0.407. The summed E-state index contributed by atoms with van der Waals surface area (Å²) >= 11 is 0. The molecular weight excluding hydrogens is 531 g/mol. The Morgan fingerprint density at radius 3 is 2.18 bits per heavy atom. The Labute approximate surface area is 226 Å². The van der Waals surface area contributed by atoms with Gasteiger partial charge in [0.15, 0.2) is 0 Å². The van der Waals surface area contributed by atoms with Gasteiger partial charge in [0, 0.05) is 45.3 Å². The molecule has 1 amide bonds. The van der Waals surface area contributed by atoms with Gasteiger partial charge in [-0.1, -0.05) is 42.5 Å². The molecule has 1 atom stereocenters. The van der Waals surface area contributed by atoms with Crippen molar-refractivity contribution >= 4 is 21.6 Å². The summed E-state index contributed by atoms with van der Waals surface area (Å²) in [7, 11) is -3.68. The van der Waals surface area contributed by atoms with Gasteiger partial charge >= 0.3 is 6.18 Å². The fourth-order valence-electron chi connectivity index (χ4n) is 4.45. The zero-order chi connectivity index (χ0) is 28.0. The minimum absolute atomic E-state index is 0.153. The highest BCUT2D eigenvalue weighted by Gasteiger charge is 2.32. The summed E-state index contributed by atoms with van der Waals surface area (Å²) in [5.74, 6) is -0.240. The van der Waals surface area contributed by atoms with Crippen LogP contribution in [0.2, 0.25) is 0 Å². The van der Waals surface area contributed by atoms with Crippen molar-refractivity contribution in [3.05, 3.63) is 95.6 Å². The van der Waals surface area contributed by atoms with Crippen molar-refractivity contribution in [3.8, 4) is 0 Å². The zero-order valence-corrected chi connectivity index (χ0v) is 22.2. The van der Waals surface area contributed by atoms with Crippen molar-refractivity contribution < 1.29 is 31.1 Å². The van der Waals surface area contributed by atoms with Gasteiger partial charge in [0.05, 0.1) is 17.1 Å². The number of anilines is 1. The third-order valence-corrected chi connectivity index (χ3v) is 8.37. The summed E-state index contributed by atoms with van der Waals surface area (Å²) in [6, 6.07) is 20.3. The van der Waals surface area contributed by atoms with Gasteiger partial charge in [-0.15, -0.1) is 0 Å². The van der Waals surface area contributed by atoms with Crippen LogP contribution >= 0.6 is 0 Å². The minimum atomic E-state index is -4.45. The Balaban J connectivity index is 1.35. The zero-order valence-electron chi connectivity index (χ0n) is 21.4. The number of hydrogen-bond acceptors (Lipinski definition) is 5. The fraction of sp³-hybridized carbons (Fsp3) is 0.321. The van der Waals surface area contributed by atoms with Crippen molar-refractivity contribution in [2.24, 2.45) is 0 Å². The smallest absolute Gasteiger partial charge is 0.367 e. The van der Waals surface area contributed by atoms with Gasteiger partial charge < -0.3 is 10.1 Å². The number of halogens is 3. The number of sulfonamides is 1. The molecule has 4 rings (SSSR count). The number of piperazine rings is 1. The molecule has 0 radical (unpaired) electrons. The van der Waals surface area contributed by atoms with E-state index in [2.05, 4.69) is 10.2 Å². The molecule has 0 aliphatic carbocycles. The monoisotopic (exact) mass is 561 g/mol.